The van der Waals surface area contributed by atoms with E-state index in [0.29, 0.717) is 18.0 Å². The van der Waals surface area contributed by atoms with Gasteiger partial charge in [0.05, 0.1) is 0 Å². The summed E-state index contributed by atoms with van der Waals surface area (Å²) in [6, 6.07) is 4.58. The van der Waals surface area contributed by atoms with Gasteiger partial charge in [0, 0.05) is 12.1 Å². The number of carbonyl (C=O) groups is 1. The van der Waals surface area contributed by atoms with Gasteiger partial charge in [0.1, 0.15) is 5.82 Å². The van der Waals surface area contributed by atoms with E-state index in [2.05, 4.69) is 10.6 Å². The van der Waals surface area contributed by atoms with Crippen molar-refractivity contribution in [1.82, 2.24) is 5.32 Å². The molecule has 2 rings (SSSR count). The standard InChI is InChI=1S/C14H19FN2O.ClH/c1-10-6-12(15)9-13(7-10)17-14(18)8-11-2-4-16-5-3-11;/h6-7,9,11,16H,2-5,8H2,1H3,(H,17,18);1H. The Balaban J connectivity index is 0.00000180. The van der Waals surface area contributed by atoms with Crippen LogP contribution < -0.4 is 10.6 Å². The number of halogens is 2. The van der Waals surface area contributed by atoms with Crippen LogP contribution in [0.5, 0.6) is 0 Å². The van der Waals surface area contributed by atoms with Gasteiger partial charge in [-0.1, -0.05) is 0 Å². The smallest absolute Gasteiger partial charge is 0.224 e. The first-order chi connectivity index (χ1) is 8.63. The maximum absolute atomic E-state index is 13.2. The first-order valence-electron chi connectivity index (χ1n) is 6.41. The lowest BCUT2D eigenvalue weighted by atomic mass is 9.94. The fraction of sp³-hybridized carbons (Fsp3) is 0.500. The topological polar surface area (TPSA) is 41.1 Å². The van der Waals surface area contributed by atoms with Crippen LogP contribution in [-0.4, -0.2) is 19.0 Å². The van der Waals surface area contributed by atoms with Crippen LogP contribution in [0.2, 0.25) is 0 Å². The molecule has 106 valence electrons. The Hall–Kier alpha value is -1.13. The molecule has 0 atom stereocenters. The van der Waals surface area contributed by atoms with Gasteiger partial charge in [0.15, 0.2) is 0 Å². The largest absolute Gasteiger partial charge is 0.326 e. The highest BCUT2D eigenvalue weighted by molar-refractivity contribution is 5.90. The van der Waals surface area contributed by atoms with Crippen LogP contribution in [0, 0.1) is 18.7 Å². The monoisotopic (exact) mass is 286 g/mol. The van der Waals surface area contributed by atoms with E-state index in [0.717, 1.165) is 31.5 Å². The lowest BCUT2D eigenvalue weighted by molar-refractivity contribution is -0.117. The zero-order valence-corrected chi connectivity index (χ0v) is 11.9. The average molecular weight is 287 g/mol. The summed E-state index contributed by atoms with van der Waals surface area (Å²) in [5.41, 5.74) is 1.36. The molecule has 1 aromatic rings. The minimum absolute atomic E-state index is 0. The predicted molar refractivity (Wildman–Crippen MR) is 77.2 cm³/mol. The van der Waals surface area contributed by atoms with E-state index < -0.39 is 0 Å². The van der Waals surface area contributed by atoms with Crippen molar-refractivity contribution in [1.29, 1.82) is 0 Å². The highest BCUT2D eigenvalue weighted by atomic mass is 35.5. The van der Waals surface area contributed by atoms with Gasteiger partial charge >= 0.3 is 0 Å². The van der Waals surface area contributed by atoms with E-state index in [-0.39, 0.29) is 24.1 Å². The highest BCUT2D eigenvalue weighted by Gasteiger charge is 2.16. The second kappa shape index (κ2) is 7.46. The SMILES string of the molecule is Cc1cc(F)cc(NC(=O)CC2CCNCC2)c1.Cl. The van der Waals surface area contributed by atoms with E-state index >= 15 is 0 Å². The van der Waals surface area contributed by atoms with Gasteiger partial charge in [0.2, 0.25) is 5.91 Å². The van der Waals surface area contributed by atoms with Gasteiger partial charge in [-0.3, -0.25) is 4.79 Å². The normalized spacial score (nSPS) is 15.7. The molecule has 5 heteroatoms. The average Bonchev–Trinajstić information content (AvgIpc) is 2.28. The molecule has 1 aromatic carbocycles. The Bertz CT molecular complexity index is 413. The third kappa shape index (κ3) is 5.17. The molecule has 0 bridgehead atoms. The van der Waals surface area contributed by atoms with Crippen LogP contribution in [0.3, 0.4) is 0 Å². The van der Waals surface area contributed by atoms with E-state index in [4.69, 9.17) is 0 Å². The first kappa shape index (κ1) is 15.9. The van der Waals surface area contributed by atoms with Gasteiger partial charge in [-0.25, -0.2) is 4.39 Å². The van der Waals surface area contributed by atoms with Crippen molar-refractivity contribution in [2.75, 3.05) is 18.4 Å². The molecule has 1 saturated heterocycles. The summed E-state index contributed by atoms with van der Waals surface area (Å²) in [7, 11) is 0. The molecule has 1 aliphatic rings. The molecule has 1 aliphatic heterocycles. The molecule has 0 aliphatic carbocycles. The Labute approximate surface area is 119 Å². The maximum atomic E-state index is 13.2. The van der Waals surface area contributed by atoms with Crippen LogP contribution in [0.4, 0.5) is 10.1 Å². The fourth-order valence-corrected chi connectivity index (χ4v) is 2.37. The van der Waals surface area contributed by atoms with Gasteiger partial charge in [-0.2, -0.15) is 0 Å². The number of hydrogen-bond acceptors (Lipinski definition) is 2. The van der Waals surface area contributed by atoms with Crippen LogP contribution in [0.15, 0.2) is 18.2 Å². The molecule has 1 fully saturated rings. The number of hydrogen-bond donors (Lipinski definition) is 2. The molecule has 0 spiro atoms. The summed E-state index contributed by atoms with van der Waals surface area (Å²) in [5, 5.41) is 6.04. The van der Waals surface area contributed by atoms with Gasteiger partial charge in [-0.15, -0.1) is 12.4 Å². The number of piperidine rings is 1. The van der Waals surface area contributed by atoms with Crippen molar-refractivity contribution in [2.24, 2.45) is 5.92 Å². The number of benzene rings is 1. The van der Waals surface area contributed by atoms with E-state index in [1.807, 2.05) is 6.92 Å². The van der Waals surface area contributed by atoms with Crippen molar-refractivity contribution >= 4 is 24.0 Å². The summed E-state index contributed by atoms with van der Waals surface area (Å²) in [5.74, 6) is 0.111. The summed E-state index contributed by atoms with van der Waals surface area (Å²) < 4.78 is 13.2. The highest BCUT2D eigenvalue weighted by Crippen LogP contribution is 2.18. The molecule has 0 unspecified atom stereocenters. The second-order valence-corrected chi connectivity index (χ2v) is 4.96. The molecular formula is C14H20ClFN2O. The van der Waals surface area contributed by atoms with Crippen LogP contribution in [0.25, 0.3) is 0 Å². The van der Waals surface area contributed by atoms with Crippen molar-refractivity contribution in [3.8, 4) is 0 Å². The summed E-state index contributed by atoms with van der Waals surface area (Å²) in [6.45, 7) is 3.78. The summed E-state index contributed by atoms with van der Waals surface area (Å²) in [4.78, 5) is 11.8. The van der Waals surface area contributed by atoms with Gasteiger partial charge in [-0.05, 0) is 62.5 Å². The van der Waals surface area contributed by atoms with E-state index in [1.165, 1.54) is 12.1 Å². The molecule has 0 saturated carbocycles. The Morgan fingerprint density at radius 3 is 2.68 bits per heavy atom. The molecular weight excluding hydrogens is 267 g/mol. The lowest BCUT2D eigenvalue weighted by Crippen LogP contribution is -2.30. The zero-order valence-electron chi connectivity index (χ0n) is 11.0. The summed E-state index contributed by atoms with van der Waals surface area (Å²) in [6.07, 6.45) is 2.60. The number of amides is 1. The Morgan fingerprint density at radius 2 is 2.05 bits per heavy atom. The minimum atomic E-state index is -0.313. The number of rotatable bonds is 3. The third-order valence-electron chi connectivity index (χ3n) is 3.26. The number of carbonyl (C=O) groups excluding carboxylic acids is 1. The lowest BCUT2D eigenvalue weighted by Gasteiger charge is -2.21. The molecule has 0 aromatic heterocycles. The van der Waals surface area contributed by atoms with Crippen molar-refractivity contribution < 1.29 is 9.18 Å². The number of anilines is 1. The minimum Gasteiger partial charge on any atom is -0.326 e. The molecule has 1 heterocycles. The fourth-order valence-electron chi connectivity index (χ4n) is 2.37. The van der Waals surface area contributed by atoms with Crippen molar-refractivity contribution in [3.63, 3.8) is 0 Å². The number of aryl methyl sites for hydroxylation is 1. The predicted octanol–water partition coefficient (Wildman–Crippen LogP) is 2.88. The summed E-state index contributed by atoms with van der Waals surface area (Å²) >= 11 is 0. The molecule has 0 radical (unpaired) electrons. The van der Waals surface area contributed by atoms with Crippen LogP contribution >= 0.6 is 12.4 Å². The molecule has 1 amide bonds. The van der Waals surface area contributed by atoms with E-state index in [9.17, 15) is 9.18 Å². The zero-order chi connectivity index (χ0) is 13.0. The first-order valence-corrected chi connectivity index (χ1v) is 6.41. The number of nitrogens with one attached hydrogen (secondary N) is 2. The second-order valence-electron chi connectivity index (χ2n) is 4.96. The van der Waals surface area contributed by atoms with Crippen LogP contribution in [-0.2, 0) is 4.79 Å². The van der Waals surface area contributed by atoms with Crippen molar-refractivity contribution in [3.05, 3.63) is 29.6 Å². The van der Waals surface area contributed by atoms with Crippen LogP contribution in [0.1, 0.15) is 24.8 Å². The molecule has 2 N–H and O–H groups in total. The van der Waals surface area contributed by atoms with Crippen molar-refractivity contribution in [2.45, 2.75) is 26.2 Å². The van der Waals surface area contributed by atoms with Gasteiger partial charge < -0.3 is 10.6 Å². The Kier molecular flexibility index (Phi) is 6.25. The quantitative estimate of drug-likeness (QED) is 0.897. The molecule has 19 heavy (non-hydrogen) atoms. The van der Waals surface area contributed by atoms with Gasteiger partial charge in [0.25, 0.3) is 0 Å². The Morgan fingerprint density at radius 1 is 1.37 bits per heavy atom. The van der Waals surface area contributed by atoms with E-state index in [1.54, 1.807) is 6.07 Å². The third-order valence-corrected chi connectivity index (χ3v) is 3.26. The maximum Gasteiger partial charge on any atom is 0.224 e. The molecule has 3 nitrogen and oxygen atoms in total.